The molecule has 0 radical (unpaired) electrons. The molecule has 1 aromatic rings. The van der Waals surface area contributed by atoms with Crippen LogP contribution in [-0.2, 0) is 11.3 Å². The fourth-order valence-electron chi connectivity index (χ4n) is 2.65. The molecule has 0 aromatic heterocycles. The average Bonchev–Trinajstić information content (AvgIpc) is 2.65. The smallest absolute Gasteiger partial charge is 0.321 e. The molecule has 18 heavy (non-hydrogen) atoms. The van der Waals surface area contributed by atoms with Crippen molar-refractivity contribution >= 4 is 5.97 Å². The SMILES string of the molecule is Cc1ccc(F)c(CN2CCC(C)C2C(=O)O)c1. The molecular weight excluding hydrogens is 233 g/mol. The van der Waals surface area contributed by atoms with Gasteiger partial charge in [-0.3, -0.25) is 9.69 Å². The molecule has 1 heterocycles. The first-order valence-corrected chi connectivity index (χ1v) is 6.21. The predicted molar refractivity (Wildman–Crippen MR) is 66.8 cm³/mol. The van der Waals surface area contributed by atoms with Gasteiger partial charge in [-0.1, -0.05) is 24.6 Å². The second-order valence-corrected chi connectivity index (χ2v) is 5.11. The van der Waals surface area contributed by atoms with E-state index >= 15 is 0 Å². The first-order valence-electron chi connectivity index (χ1n) is 6.21. The Morgan fingerprint density at radius 3 is 2.94 bits per heavy atom. The molecular formula is C14H18FNO2. The zero-order chi connectivity index (χ0) is 13.3. The number of aryl methyl sites for hydroxylation is 1. The molecule has 1 saturated heterocycles. The summed E-state index contributed by atoms with van der Waals surface area (Å²) in [6.07, 6.45) is 0.852. The molecule has 2 atom stereocenters. The standard InChI is InChI=1S/C14H18FNO2/c1-9-3-4-12(15)11(7-9)8-16-6-5-10(2)13(16)14(17)18/h3-4,7,10,13H,5-6,8H2,1-2H3,(H,17,18). The van der Waals surface area contributed by atoms with Crippen LogP contribution in [0.15, 0.2) is 18.2 Å². The lowest BCUT2D eigenvalue weighted by Gasteiger charge is -2.23. The Hall–Kier alpha value is -1.42. The third-order valence-electron chi connectivity index (χ3n) is 3.63. The highest BCUT2D eigenvalue weighted by Gasteiger charge is 2.36. The Morgan fingerprint density at radius 2 is 2.28 bits per heavy atom. The lowest BCUT2D eigenvalue weighted by Crippen LogP contribution is -2.38. The van der Waals surface area contributed by atoms with Gasteiger partial charge in [-0.15, -0.1) is 0 Å². The van der Waals surface area contributed by atoms with Crippen molar-refractivity contribution in [3.63, 3.8) is 0 Å². The monoisotopic (exact) mass is 251 g/mol. The van der Waals surface area contributed by atoms with Crippen molar-refractivity contribution in [2.75, 3.05) is 6.54 Å². The van der Waals surface area contributed by atoms with Crippen molar-refractivity contribution in [3.05, 3.63) is 35.1 Å². The molecule has 0 bridgehead atoms. The summed E-state index contributed by atoms with van der Waals surface area (Å²) in [6.45, 7) is 4.93. The average molecular weight is 251 g/mol. The van der Waals surface area contributed by atoms with Crippen LogP contribution in [0.2, 0.25) is 0 Å². The minimum atomic E-state index is -0.812. The molecule has 0 spiro atoms. The van der Waals surface area contributed by atoms with Crippen LogP contribution in [0.4, 0.5) is 4.39 Å². The molecule has 98 valence electrons. The normalized spacial score (nSPS) is 24.4. The lowest BCUT2D eigenvalue weighted by atomic mass is 10.0. The first kappa shape index (κ1) is 13.0. The van der Waals surface area contributed by atoms with E-state index < -0.39 is 12.0 Å². The number of benzene rings is 1. The summed E-state index contributed by atoms with van der Waals surface area (Å²) in [5.74, 6) is -0.951. The number of halogens is 1. The quantitative estimate of drug-likeness (QED) is 0.897. The van der Waals surface area contributed by atoms with Gasteiger partial charge in [0, 0.05) is 12.1 Å². The van der Waals surface area contributed by atoms with Crippen molar-refractivity contribution in [2.45, 2.75) is 32.9 Å². The third kappa shape index (κ3) is 2.53. The highest BCUT2D eigenvalue weighted by molar-refractivity contribution is 5.74. The summed E-state index contributed by atoms with van der Waals surface area (Å²) >= 11 is 0. The Labute approximate surface area is 106 Å². The second-order valence-electron chi connectivity index (χ2n) is 5.11. The molecule has 0 aliphatic carbocycles. The number of nitrogens with zero attached hydrogens (tertiary/aromatic N) is 1. The van der Waals surface area contributed by atoms with Crippen LogP contribution >= 0.6 is 0 Å². The van der Waals surface area contributed by atoms with Crippen molar-refractivity contribution < 1.29 is 14.3 Å². The lowest BCUT2D eigenvalue weighted by molar-refractivity contribution is -0.143. The van der Waals surface area contributed by atoms with Crippen LogP contribution in [0.3, 0.4) is 0 Å². The largest absolute Gasteiger partial charge is 0.480 e. The van der Waals surface area contributed by atoms with Crippen LogP contribution in [-0.4, -0.2) is 28.6 Å². The number of likely N-dealkylation sites (tertiary alicyclic amines) is 1. The predicted octanol–water partition coefficient (Wildman–Crippen LogP) is 2.43. The molecule has 1 N–H and O–H groups in total. The maximum atomic E-state index is 13.7. The van der Waals surface area contributed by atoms with Gasteiger partial charge < -0.3 is 5.11 Å². The van der Waals surface area contributed by atoms with Crippen molar-refractivity contribution in [1.82, 2.24) is 4.90 Å². The molecule has 1 aromatic carbocycles. The van der Waals surface area contributed by atoms with Gasteiger partial charge in [-0.2, -0.15) is 0 Å². The minimum absolute atomic E-state index is 0.121. The molecule has 4 heteroatoms. The van der Waals surface area contributed by atoms with Gasteiger partial charge in [0.05, 0.1) is 0 Å². The van der Waals surface area contributed by atoms with E-state index in [-0.39, 0.29) is 11.7 Å². The molecule has 0 saturated carbocycles. The molecule has 2 rings (SSSR count). The van der Waals surface area contributed by atoms with E-state index in [2.05, 4.69) is 0 Å². The van der Waals surface area contributed by atoms with E-state index in [1.807, 2.05) is 18.7 Å². The molecule has 1 fully saturated rings. The van der Waals surface area contributed by atoms with Gasteiger partial charge >= 0.3 is 5.97 Å². The summed E-state index contributed by atoms with van der Waals surface area (Å²) in [6, 6.07) is 4.46. The molecule has 3 nitrogen and oxygen atoms in total. The Kier molecular flexibility index (Phi) is 3.66. The van der Waals surface area contributed by atoms with E-state index in [1.54, 1.807) is 12.1 Å². The summed E-state index contributed by atoms with van der Waals surface area (Å²) in [5.41, 5.74) is 1.57. The zero-order valence-corrected chi connectivity index (χ0v) is 10.7. The zero-order valence-electron chi connectivity index (χ0n) is 10.7. The molecule has 1 aliphatic rings. The maximum absolute atomic E-state index is 13.7. The van der Waals surface area contributed by atoms with E-state index in [9.17, 15) is 14.3 Å². The number of hydrogen-bond donors (Lipinski definition) is 1. The van der Waals surface area contributed by atoms with Gasteiger partial charge in [0.15, 0.2) is 0 Å². The number of carboxylic acid groups (broad SMARTS) is 1. The van der Waals surface area contributed by atoms with Gasteiger partial charge in [0.1, 0.15) is 11.9 Å². The Morgan fingerprint density at radius 1 is 1.56 bits per heavy atom. The fraction of sp³-hybridized carbons (Fsp3) is 0.500. The van der Waals surface area contributed by atoms with E-state index in [0.29, 0.717) is 18.7 Å². The maximum Gasteiger partial charge on any atom is 0.321 e. The Bertz CT molecular complexity index is 461. The summed E-state index contributed by atoms with van der Waals surface area (Å²) in [5, 5.41) is 9.22. The third-order valence-corrected chi connectivity index (χ3v) is 3.63. The molecule has 0 amide bonds. The number of carbonyl (C=O) groups is 1. The minimum Gasteiger partial charge on any atom is -0.480 e. The molecule has 2 unspecified atom stereocenters. The molecule has 1 aliphatic heterocycles. The first-order chi connectivity index (χ1) is 8.49. The Balaban J connectivity index is 2.18. The number of carboxylic acids is 1. The van der Waals surface area contributed by atoms with Crippen molar-refractivity contribution in [3.8, 4) is 0 Å². The van der Waals surface area contributed by atoms with Crippen LogP contribution in [0, 0.1) is 18.7 Å². The summed E-state index contributed by atoms with van der Waals surface area (Å²) in [7, 11) is 0. The highest BCUT2D eigenvalue weighted by atomic mass is 19.1. The van der Waals surface area contributed by atoms with E-state index in [0.717, 1.165) is 12.0 Å². The van der Waals surface area contributed by atoms with Crippen molar-refractivity contribution in [2.24, 2.45) is 5.92 Å². The highest BCUT2D eigenvalue weighted by Crippen LogP contribution is 2.26. The number of hydrogen-bond acceptors (Lipinski definition) is 2. The number of aliphatic carboxylic acids is 1. The van der Waals surface area contributed by atoms with Crippen LogP contribution < -0.4 is 0 Å². The topological polar surface area (TPSA) is 40.5 Å². The summed E-state index contributed by atoms with van der Waals surface area (Å²) in [4.78, 5) is 13.1. The van der Waals surface area contributed by atoms with Gasteiger partial charge in [0.2, 0.25) is 0 Å². The van der Waals surface area contributed by atoms with Gasteiger partial charge in [-0.25, -0.2) is 4.39 Å². The van der Waals surface area contributed by atoms with Crippen molar-refractivity contribution in [1.29, 1.82) is 0 Å². The number of rotatable bonds is 3. The van der Waals surface area contributed by atoms with Crippen LogP contribution in [0.25, 0.3) is 0 Å². The van der Waals surface area contributed by atoms with E-state index in [1.165, 1.54) is 6.07 Å². The van der Waals surface area contributed by atoms with Crippen LogP contribution in [0.5, 0.6) is 0 Å². The van der Waals surface area contributed by atoms with Gasteiger partial charge in [-0.05, 0) is 31.9 Å². The summed E-state index contributed by atoms with van der Waals surface area (Å²) < 4.78 is 13.7. The fourth-order valence-corrected chi connectivity index (χ4v) is 2.65. The second kappa shape index (κ2) is 5.06. The van der Waals surface area contributed by atoms with Gasteiger partial charge in [0.25, 0.3) is 0 Å². The van der Waals surface area contributed by atoms with Crippen LogP contribution in [0.1, 0.15) is 24.5 Å². The van der Waals surface area contributed by atoms with E-state index in [4.69, 9.17) is 0 Å².